The Hall–Kier alpha value is -0.340. The van der Waals surface area contributed by atoms with E-state index < -0.39 is 6.10 Å². The van der Waals surface area contributed by atoms with Gasteiger partial charge in [0.2, 0.25) is 0 Å². The van der Waals surface area contributed by atoms with Crippen LogP contribution in [0.5, 0.6) is 0 Å². The SMILES string of the molecule is CC1=C[C@@H](O)CC(C)(C)[C@H]1O. The molecule has 0 radical (unpaired) electrons. The van der Waals surface area contributed by atoms with Gasteiger partial charge in [-0.1, -0.05) is 19.9 Å². The van der Waals surface area contributed by atoms with Crippen LogP contribution in [0, 0.1) is 5.41 Å². The van der Waals surface area contributed by atoms with Crippen molar-refractivity contribution in [1.82, 2.24) is 0 Å². The van der Waals surface area contributed by atoms with Crippen molar-refractivity contribution in [2.45, 2.75) is 39.4 Å². The van der Waals surface area contributed by atoms with Crippen molar-refractivity contribution in [3.8, 4) is 0 Å². The topological polar surface area (TPSA) is 40.5 Å². The molecule has 0 aromatic heterocycles. The summed E-state index contributed by atoms with van der Waals surface area (Å²) in [6, 6.07) is 0. The third-order valence-corrected chi connectivity index (χ3v) is 2.36. The number of hydrogen-bond acceptors (Lipinski definition) is 2. The molecular formula is C9H16O2. The molecule has 0 bridgehead atoms. The van der Waals surface area contributed by atoms with Crippen molar-refractivity contribution in [3.05, 3.63) is 11.6 Å². The first-order chi connectivity index (χ1) is 4.93. The molecule has 0 saturated heterocycles. The molecular weight excluding hydrogens is 140 g/mol. The fourth-order valence-corrected chi connectivity index (χ4v) is 1.72. The first-order valence-corrected chi connectivity index (χ1v) is 3.98. The molecule has 1 aliphatic carbocycles. The number of aliphatic hydroxyl groups excluding tert-OH is 2. The normalized spacial score (nSPS) is 36.6. The molecule has 1 aliphatic rings. The second-order valence-corrected chi connectivity index (χ2v) is 4.07. The van der Waals surface area contributed by atoms with E-state index in [9.17, 15) is 10.2 Å². The van der Waals surface area contributed by atoms with Gasteiger partial charge in [0.05, 0.1) is 12.2 Å². The van der Waals surface area contributed by atoms with Gasteiger partial charge in [-0.05, 0) is 24.3 Å². The zero-order valence-corrected chi connectivity index (χ0v) is 7.33. The van der Waals surface area contributed by atoms with E-state index in [1.54, 1.807) is 6.08 Å². The minimum Gasteiger partial charge on any atom is -0.389 e. The lowest BCUT2D eigenvalue weighted by Crippen LogP contribution is -2.37. The highest BCUT2D eigenvalue weighted by molar-refractivity contribution is 5.16. The molecule has 2 heteroatoms. The summed E-state index contributed by atoms with van der Waals surface area (Å²) in [5.74, 6) is 0. The second-order valence-electron chi connectivity index (χ2n) is 4.07. The van der Waals surface area contributed by atoms with E-state index in [4.69, 9.17) is 0 Å². The van der Waals surface area contributed by atoms with Crippen LogP contribution in [0.15, 0.2) is 11.6 Å². The first-order valence-electron chi connectivity index (χ1n) is 3.98. The summed E-state index contributed by atoms with van der Waals surface area (Å²) < 4.78 is 0. The molecule has 2 atom stereocenters. The van der Waals surface area contributed by atoms with E-state index in [0.717, 1.165) is 5.57 Å². The molecule has 0 amide bonds. The van der Waals surface area contributed by atoms with Crippen LogP contribution in [-0.2, 0) is 0 Å². The van der Waals surface area contributed by atoms with Gasteiger partial charge in [0, 0.05) is 0 Å². The molecule has 0 spiro atoms. The summed E-state index contributed by atoms with van der Waals surface area (Å²) in [5.41, 5.74) is 0.701. The fraction of sp³-hybridized carbons (Fsp3) is 0.778. The lowest BCUT2D eigenvalue weighted by Gasteiger charge is -2.36. The van der Waals surface area contributed by atoms with Crippen molar-refractivity contribution in [2.24, 2.45) is 5.41 Å². The lowest BCUT2D eigenvalue weighted by atomic mass is 9.74. The summed E-state index contributed by atoms with van der Waals surface area (Å²) in [7, 11) is 0. The van der Waals surface area contributed by atoms with E-state index in [1.807, 2.05) is 20.8 Å². The average Bonchev–Trinajstić information content (AvgIpc) is 1.81. The van der Waals surface area contributed by atoms with Crippen LogP contribution in [-0.4, -0.2) is 22.4 Å². The Morgan fingerprint density at radius 2 is 2.00 bits per heavy atom. The third kappa shape index (κ3) is 1.63. The summed E-state index contributed by atoms with van der Waals surface area (Å²) in [4.78, 5) is 0. The Bertz CT molecular complexity index is 182. The van der Waals surface area contributed by atoms with E-state index in [0.29, 0.717) is 6.42 Å². The van der Waals surface area contributed by atoms with Gasteiger partial charge in [-0.15, -0.1) is 0 Å². The Morgan fingerprint density at radius 3 is 2.45 bits per heavy atom. The van der Waals surface area contributed by atoms with E-state index in [1.165, 1.54) is 0 Å². The molecule has 2 nitrogen and oxygen atoms in total. The standard InChI is InChI=1S/C9H16O2/c1-6-4-7(10)5-9(2,3)8(6)11/h4,7-8,10-11H,5H2,1-3H3/t7-,8+/m1/s1. The highest BCUT2D eigenvalue weighted by Gasteiger charge is 2.34. The molecule has 0 aromatic carbocycles. The van der Waals surface area contributed by atoms with Gasteiger partial charge in [-0.3, -0.25) is 0 Å². The van der Waals surface area contributed by atoms with Gasteiger partial charge in [-0.25, -0.2) is 0 Å². The maximum absolute atomic E-state index is 9.64. The molecule has 64 valence electrons. The zero-order valence-electron chi connectivity index (χ0n) is 7.33. The molecule has 0 fully saturated rings. The Labute approximate surface area is 67.6 Å². The van der Waals surface area contributed by atoms with Gasteiger partial charge in [0.1, 0.15) is 0 Å². The third-order valence-electron chi connectivity index (χ3n) is 2.36. The average molecular weight is 156 g/mol. The van der Waals surface area contributed by atoms with Gasteiger partial charge in [-0.2, -0.15) is 0 Å². The zero-order chi connectivity index (χ0) is 8.65. The van der Waals surface area contributed by atoms with E-state index >= 15 is 0 Å². The Morgan fingerprint density at radius 1 is 1.45 bits per heavy atom. The van der Waals surface area contributed by atoms with Crippen molar-refractivity contribution >= 4 is 0 Å². The van der Waals surface area contributed by atoms with Crippen molar-refractivity contribution in [3.63, 3.8) is 0 Å². The molecule has 2 N–H and O–H groups in total. The first kappa shape index (κ1) is 8.75. The minimum atomic E-state index is -0.397. The van der Waals surface area contributed by atoms with Crippen LogP contribution in [0.3, 0.4) is 0 Å². The van der Waals surface area contributed by atoms with Crippen LogP contribution in [0.4, 0.5) is 0 Å². The Balaban J connectivity index is 2.86. The van der Waals surface area contributed by atoms with Crippen molar-refractivity contribution < 1.29 is 10.2 Å². The summed E-state index contributed by atoms with van der Waals surface area (Å²) in [5, 5.41) is 19.0. The summed E-state index contributed by atoms with van der Waals surface area (Å²) in [6.45, 7) is 5.80. The van der Waals surface area contributed by atoms with Crippen LogP contribution in [0.25, 0.3) is 0 Å². The quantitative estimate of drug-likeness (QED) is 0.515. The molecule has 0 aromatic rings. The maximum Gasteiger partial charge on any atom is 0.0800 e. The van der Waals surface area contributed by atoms with Crippen LogP contribution in [0.2, 0.25) is 0 Å². The lowest BCUT2D eigenvalue weighted by molar-refractivity contribution is 0.0277. The fourth-order valence-electron chi connectivity index (χ4n) is 1.72. The Kier molecular flexibility index (Phi) is 2.08. The maximum atomic E-state index is 9.64. The number of aliphatic hydroxyl groups is 2. The van der Waals surface area contributed by atoms with Gasteiger partial charge in [0.25, 0.3) is 0 Å². The van der Waals surface area contributed by atoms with Crippen LogP contribution in [0.1, 0.15) is 27.2 Å². The predicted molar refractivity (Wildman–Crippen MR) is 44.2 cm³/mol. The smallest absolute Gasteiger partial charge is 0.0800 e. The van der Waals surface area contributed by atoms with Crippen LogP contribution < -0.4 is 0 Å². The molecule has 0 heterocycles. The molecule has 0 unspecified atom stereocenters. The van der Waals surface area contributed by atoms with Crippen molar-refractivity contribution in [2.75, 3.05) is 0 Å². The monoisotopic (exact) mass is 156 g/mol. The van der Waals surface area contributed by atoms with Gasteiger partial charge < -0.3 is 10.2 Å². The highest BCUT2D eigenvalue weighted by atomic mass is 16.3. The highest BCUT2D eigenvalue weighted by Crippen LogP contribution is 2.35. The number of rotatable bonds is 0. The summed E-state index contributed by atoms with van der Waals surface area (Å²) >= 11 is 0. The predicted octanol–water partition coefficient (Wildman–Crippen LogP) is 1.08. The molecule has 11 heavy (non-hydrogen) atoms. The minimum absolute atomic E-state index is 0.182. The summed E-state index contributed by atoms with van der Waals surface area (Å²) in [6.07, 6.45) is 1.60. The second kappa shape index (κ2) is 2.61. The van der Waals surface area contributed by atoms with E-state index in [-0.39, 0.29) is 11.5 Å². The molecule has 1 rings (SSSR count). The van der Waals surface area contributed by atoms with Gasteiger partial charge in [0.15, 0.2) is 0 Å². The van der Waals surface area contributed by atoms with Crippen molar-refractivity contribution in [1.29, 1.82) is 0 Å². The number of hydrogen-bond donors (Lipinski definition) is 2. The largest absolute Gasteiger partial charge is 0.389 e. The van der Waals surface area contributed by atoms with Crippen LogP contribution >= 0.6 is 0 Å². The molecule has 0 saturated carbocycles. The van der Waals surface area contributed by atoms with Gasteiger partial charge >= 0.3 is 0 Å². The van der Waals surface area contributed by atoms with E-state index in [2.05, 4.69) is 0 Å². The molecule has 0 aliphatic heterocycles.